The smallest absolute Gasteiger partial charge is 0.0961 e. The Kier molecular flexibility index (Phi) is 4.15. The number of imidazole rings is 1. The number of hydrogen-bond donors (Lipinski definition) is 0. The zero-order valence-electron chi connectivity index (χ0n) is 14.3. The molecule has 0 saturated carbocycles. The van der Waals surface area contributed by atoms with E-state index in [0.29, 0.717) is 6.04 Å². The number of ether oxygens (including phenoxy) is 1. The van der Waals surface area contributed by atoms with E-state index >= 15 is 0 Å². The third-order valence-corrected chi connectivity index (χ3v) is 5.72. The number of aryl methyl sites for hydroxylation is 1. The number of aromatic nitrogens is 2. The predicted molar refractivity (Wildman–Crippen MR) is 95.1 cm³/mol. The highest BCUT2D eigenvalue weighted by molar-refractivity contribution is 6.30. The van der Waals surface area contributed by atoms with E-state index in [0.717, 1.165) is 49.7 Å². The molecular weight excluding hydrogens is 322 g/mol. The highest BCUT2D eigenvalue weighted by Crippen LogP contribution is 2.44. The van der Waals surface area contributed by atoms with Crippen LogP contribution < -0.4 is 0 Å². The van der Waals surface area contributed by atoms with Crippen molar-refractivity contribution in [3.8, 4) is 0 Å². The summed E-state index contributed by atoms with van der Waals surface area (Å²) in [7, 11) is 2.02. The summed E-state index contributed by atoms with van der Waals surface area (Å²) in [6.45, 7) is 5.03. The number of nitrogens with zero attached hydrogens (tertiary/aromatic N) is 3. The highest BCUT2D eigenvalue weighted by atomic mass is 35.5. The molecule has 2 aromatic rings. The molecule has 0 bridgehead atoms. The van der Waals surface area contributed by atoms with Gasteiger partial charge >= 0.3 is 0 Å². The Bertz CT molecular complexity index is 744. The van der Waals surface area contributed by atoms with Crippen molar-refractivity contribution in [2.24, 2.45) is 7.05 Å². The lowest BCUT2D eigenvalue weighted by Gasteiger charge is -2.48. The lowest BCUT2D eigenvalue weighted by Crippen LogP contribution is -2.50. The van der Waals surface area contributed by atoms with Crippen molar-refractivity contribution in [3.05, 3.63) is 52.6 Å². The summed E-state index contributed by atoms with van der Waals surface area (Å²) in [5, 5.41) is 0.808. The molecule has 5 heteroatoms. The van der Waals surface area contributed by atoms with E-state index in [1.807, 2.05) is 24.0 Å². The standard InChI is InChI=1S/C19H24ClN3O/c1-14-10-19(6-7-23(14)12-17-11-22(2)13-21-17)18-9-16(20)4-3-15(18)5-8-24-19/h3-4,9,11,13-14H,5-8,10,12H2,1-2H3/t14-,19+/m0/s1. The van der Waals surface area contributed by atoms with Crippen LogP contribution in [0.1, 0.15) is 36.6 Å². The van der Waals surface area contributed by atoms with Crippen molar-refractivity contribution < 1.29 is 4.74 Å². The first-order valence-corrected chi connectivity index (χ1v) is 9.07. The Morgan fingerprint density at radius 1 is 1.42 bits per heavy atom. The highest BCUT2D eigenvalue weighted by Gasteiger charge is 2.43. The summed E-state index contributed by atoms with van der Waals surface area (Å²) < 4.78 is 8.36. The van der Waals surface area contributed by atoms with Gasteiger partial charge in [0.2, 0.25) is 0 Å². The number of fused-ring (bicyclic) bond motifs is 2. The number of halogens is 1. The Morgan fingerprint density at radius 3 is 3.04 bits per heavy atom. The van der Waals surface area contributed by atoms with Gasteiger partial charge in [0, 0.05) is 37.4 Å². The van der Waals surface area contributed by atoms with Crippen LogP contribution in [0.3, 0.4) is 0 Å². The van der Waals surface area contributed by atoms with Gasteiger partial charge < -0.3 is 9.30 Å². The van der Waals surface area contributed by atoms with E-state index in [1.54, 1.807) is 0 Å². The van der Waals surface area contributed by atoms with Crippen LogP contribution in [-0.4, -0.2) is 33.6 Å². The Labute approximate surface area is 148 Å². The first-order valence-electron chi connectivity index (χ1n) is 8.69. The topological polar surface area (TPSA) is 30.3 Å². The Balaban J connectivity index is 1.55. The monoisotopic (exact) mass is 345 g/mol. The van der Waals surface area contributed by atoms with Gasteiger partial charge in [-0.2, -0.15) is 0 Å². The van der Waals surface area contributed by atoms with Crippen LogP contribution in [0.2, 0.25) is 5.02 Å². The minimum atomic E-state index is -0.168. The summed E-state index contributed by atoms with van der Waals surface area (Å²) in [6, 6.07) is 6.74. The molecule has 3 heterocycles. The molecule has 24 heavy (non-hydrogen) atoms. The minimum Gasteiger partial charge on any atom is -0.370 e. The van der Waals surface area contributed by atoms with Crippen molar-refractivity contribution in [1.29, 1.82) is 0 Å². The Hall–Kier alpha value is -1.36. The molecule has 4 rings (SSSR count). The first-order chi connectivity index (χ1) is 11.6. The molecule has 4 nitrogen and oxygen atoms in total. The normalized spacial score (nSPS) is 27.4. The maximum Gasteiger partial charge on any atom is 0.0961 e. The van der Waals surface area contributed by atoms with E-state index in [4.69, 9.17) is 16.3 Å². The van der Waals surface area contributed by atoms with Crippen LogP contribution in [-0.2, 0) is 30.4 Å². The molecule has 1 spiro atoms. The predicted octanol–water partition coefficient (Wildman–Crippen LogP) is 3.53. The van der Waals surface area contributed by atoms with Gasteiger partial charge in [-0.3, -0.25) is 4.90 Å². The fraction of sp³-hybridized carbons (Fsp3) is 0.526. The van der Waals surface area contributed by atoms with Crippen molar-refractivity contribution in [2.75, 3.05) is 13.2 Å². The summed E-state index contributed by atoms with van der Waals surface area (Å²) in [6.07, 6.45) is 6.97. The lowest BCUT2D eigenvalue weighted by atomic mass is 9.77. The van der Waals surface area contributed by atoms with Crippen LogP contribution in [0.5, 0.6) is 0 Å². The molecule has 128 valence electrons. The molecule has 1 fully saturated rings. The van der Waals surface area contributed by atoms with E-state index in [-0.39, 0.29) is 5.60 Å². The average Bonchev–Trinajstić information content (AvgIpc) is 2.96. The van der Waals surface area contributed by atoms with Gasteiger partial charge in [-0.1, -0.05) is 17.7 Å². The zero-order valence-corrected chi connectivity index (χ0v) is 15.1. The molecule has 0 amide bonds. The summed E-state index contributed by atoms with van der Waals surface area (Å²) in [5.74, 6) is 0. The molecule has 0 aliphatic carbocycles. The largest absolute Gasteiger partial charge is 0.370 e. The van der Waals surface area contributed by atoms with Crippen molar-refractivity contribution >= 4 is 11.6 Å². The van der Waals surface area contributed by atoms with Crippen molar-refractivity contribution in [1.82, 2.24) is 14.5 Å². The molecule has 2 aliphatic heterocycles. The fourth-order valence-electron chi connectivity index (χ4n) is 4.25. The van der Waals surface area contributed by atoms with Crippen molar-refractivity contribution in [3.63, 3.8) is 0 Å². The number of hydrogen-bond acceptors (Lipinski definition) is 3. The van der Waals surface area contributed by atoms with Crippen LogP contribution >= 0.6 is 11.6 Å². The Morgan fingerprint density at radius 2 is 2.29 bits per heavy atom. The maximum absolute atomic E-state index is 6.36. The quantitative estimate of drug-likeness (QED) is 0.834. The SMILES string of the molecule is C[C@H]1C[C@@]2(CCN1Cc1cn(C)cn1)OCCc1ccc(Cl)cc12. The minimum absolute atomic E-state index is 0.168. The summed E-state index contributed by atoms with van der Waals surface area (Å²) in [4.78, 5) is 6.98. The van der Waals surface area contributed by atoms with Gasteiger partial charge in [0.25, 0.3) is 0 Å². The summed E-state index contributed by atoms with van der Waals surface area (Å²) in [5.41, 5.74) is 3.67. The first kappa shape index (κ1) is 16.1. The molecule has 2 atom stereocenters. The number of likely N-dealkylation sites (tertiary alicyclic amines) is 1. The maximum atomic E-state index is 6.36. The zero-order chi connectivity index (χ0) is 16.7. The van der Waals surface area contributed by atoms with Crippen LogP contribution in [0.25, 0.3) is 0 Å². The van der Waals surface area contributed by atoms with Gasteiger partial charge in [0.1, 0.15) is 0 Å². The molecule has 2 aliphatic rings. The van der Waals surface area contributed by atoms with Gasteiger partial charge in [0.05, 0.1) is 24.2 Å². The second-order valence-corrected chi connectivity index (χ2v) is 7.63. The number of piperidine rings is 1. The second-order valence-electron chi connectivity index (χ2n) is 7.20. The van der Waals surface area contributed by atoms with E-state index in [9.17, 15) is 0 Å². The molecule has 1 aromatic heterocycles. The van der Waals surface area contributed by atoms with E-state index in [2.05, 4.69) is 35.1 Å². The number of benzene rings is 1. The van der Waals surface area contributed by atoms with Crippen LogP contribution in [0.15, 0.2) is 30.7 Å². The van der Waals surface area contributed by atoms with Crippen LogP contribution in [0, 0.1) is 0 Å². The summed E-state index contributed by atoms with van der Waals surface area (Å²) >= 11 is 6.28. The third kappa shape index (κ3) is 2.87. The third-order valence-electron chi connectivity index (χ3n) is 5.49. The number of rotatable bonds is 2. The molecule has 0 N–H and O–H groups in total. The van der Waals surface area contributed by atoms with Gasteiger partial charge in [-0.25, -0.2) is 4.98 Å². The molecule has 0 radical (unpaired) electrons. The average molecular weight is 346 g/mol. The van der Waals surface area contributed by atoms with Gasteiger partial charge in [0.15, 0.2) is 0 Å². The van der Waals surface area contributed by atoms with Gasteiger partial charge in [-0.15, -0.1) is 0 Å². The van der Waals surface area contributed by atoms with Crippen LogP contribution in [0.4, 0.5) is 0 Å². The van der Waals surface area contributed by atoms with Gasteiger partial charge in [-0.05, 0) is 49.4 Å². The van der Waals surface area contributed by atoms with E-state index < -0.39 is 0 Å². The second kappa shape index (κ2) is 6.17. The molecular formula is C19H24ClN3O. The molecule has 1 aromatic carbocycles. The molecule has 0 unspecified atom stereocenters. The lowest BCUT2D eigenvalue weighted by molar-refractivity contribution is -0.113. The van der Waals surface area contributed by atoms with Crippen molar-refractivity contribution in [2.45, 2.75) is 44.4 Å². The fourth-order valence-corrected chi connectivity index (χ4v) is 4.42. The van der Waals surface area contributed by atoms with E-state index in [1.165, 1.54) is 11.1 Å². The molecule has 1 saturated heterocycles.